The van der Waals surface area contributed by atoms with Gasteiger partial charge in [-0.1, -0.05) is 158 Å². The van der Waals surface area contributed by atoms with Gasteiger partial charge in [-0.3, -0.25) is 0 Å². The standard InChI is InChI=1S/C61H40N2O2/c1-3-16-43(17-4-1)62(44-18-5-2-6-19-44)45-34-30-41(31-35-45)42-32-36-46(37-33-42)63(47-38-39-51-50-22-9-13-28-57(50)64-59(51)40-47)56-27-15-26-55-60(56)65-58-29-14-12-25-54(58)61(55)52-23-10-7-20-48(52)49-21-8-11-24-53(49)61/h1-40H. The number of nitrogens with zero attached hydrogens (tertiary/aromatic N) is 2. The van der Waals surface area contributed by atoms with E-state index in [4.69, 9.17) is 9.15 Å². The molecule has 0 bridgehead atoms. The quantitative estimate of drug-likeness (QED) is 0.160. The van der Waals surface area contributed by atoms with E-state index < -0.39 is 5.41 Å². The zero-order valence-corrected chi connectivity index (χ0v) is 35.3. The zero-order valence-electron chi connectivity index (χ0n) is 35.3. The molecule has 0 saturated carbocycles. The third-order valence-electron chi connectivity index (χ3n) is 13.3. The average molecular weight is 833 g/mol. The van der Waals surface area contributed by atoms with Gasteiger partial charge >= 0.3 is 0 Å². The van der Waals surface area contributed by atoms with Crippen molar-refractivity contribution in [2.45, 2.75) is 5.41 Å². The lowest BCUT2D eigenvalue weighted by molar-refractivity contribution is 0.437. The van der Waals surface area contributed by atoms with Crippen molar-refractivity contribution in [3.63, 3.8) is 0 Å². The number of furan rings is 1. The molecule has 0 unspecified atom stereocenters. The summed E-state index contributed by atoms with van der Waals surface area (Å²) in [7, 11) is 0. The van der Waals surface area contributed by atoms with E-state index in [9.17, 15) is 0 Å². The Morgan fingerprint density at radius 2 is 0.815 bits per heavy atom. The molecule has 10 aromatic carbocycles. The van der Waals surface area contributed by atoms with Crippen molar-refractivity contribution < 1.29 is 9.15 Å². The summed E-state index contributed by atoms with van der Waals surface area (Å²) in [6.07, 6.45) is 0. The highest BCUT2D eigenvalue weighted by atomic mass is 16.5. The number of hydrogen-bond donors (Lipinski definition) is 0. The summed E-state index contributed by atoms with van der Waals surface area (Å²) < 4.78 is 13.7. The second-order valence-corrected chi connectivity index (χ2v) is 16.8. The Kier molecular flexibility index (Phi) is 8.40. The topological polar surface area (TPSA) is 28.9 Å². The van der Waals surface area contributed by atoms with Crippen molar-refractivity contribution in [3.8, 4) is 33.8 Å². The smallest absolute Gasteiger partial charge is 0.156 e. The molecule has 0 radical (unpaired) electrons. The zero-order chi connectivity index (χ0) is 42.9. The minimum atomic E-state index is -0.589. The molecule has 0 amide bonds. The first kappa shape index (κ1) is 37.0. The molecule has 1 spiro atoms. The molecule has 0 N–H and O–H groups in total. The van der Waals surface area contributed by atoms with Crippen molar-refractivity contribution in [2.75, 3.05) is 9.80 Å². The second kappa shape index (κ2) is 14.8. The summed E-state index contributed by atoms with van der Waals surface area (Å²) in [6, 6.07) is 86.5. The molecule has 1 aliphatic heterocycles. The number of hydrogen-bond acceptors (Lipinski definition) is 4. The van der Waals surface area contributed by atoms with Gasteiger partial charge in [0.1, 0.15) is 16.9 Å². The monoisotopic (exact) mass is 832 g/mol. The Hall–Kier alpha value is -8.60. The minimum Gasteiger partial charge on any atom is -0.456 e. The molecule has 11 aromatic rings. The van der Waals surface area contributed by atoms with Gasteiger partial charge in [-0.15, -0.1) is 0 Å². The Balaban J connectivity index is 0.966. The number of fused-ring (bicyclic) bond motifs is 12. The molecular formula is C61H40N2O2. The number of para-hydroxylation sites is 5. The van der Waals surface area contributed by atoms with Gasteiger partial charge < -0.3 is 19.0 Å². The van der Waals surface area contributed by atoms with Gasteiger partial charge in [0.25, 0.3) is 0 Å². The van der Waals surface area contributed by atoms with Crippen LogP contribution in [0.5, 0.6) is 11.5 Å². The molecule has 1 aromatic heterocycles. The molecule has 2 heterocycles. The van der Waals surface area contributed by atoms with Gasteiger partial charge in [0, 0.05) is 50.7 Å². The Labute approximate surface area is 377 Å². The van der Waals surface area contributed by atoms with Crippen molar-refractivity contribution in [3.05, 3.63) is 265 Å². The average Bonchev–Trinajstić information content (AvgIpc) is 3.89. The fraction of sp³-hybridized carbons (Fsp3) is 0.0164. The second-order valence-electron chi connectivity index (χ2n) is 16.8. The van der Waals surface area contributed by atoms with E-state index >= 15 is 0 Å². The van der Waals surface area contributed by atoms with Crippen LogP contribution in [0.2, 0.25) is 0 Å². The minimum absolute atomic E-state index is 0.589. The third-order valence-corrected chi connectivity index (χ3v) is 13.3. The highest BCUT2D eigenvalue weighted by Gasteiger charge is 2.51. The molecule has 306 valence electrons. The maximum absolute atomic E-state index is 7.20. The normalized spacial score (nSPS) is 12.9. The number of anilines is 6. The van der Waals surface area contributed by atoms with Gasteiger partial charge in [0.15, 0.2) is 5.75 Å². The third kappa shape index (κ3) is 5.71. The number of benzene rings is 10. The Bertz CT molecular complexity index is 3490. The summed E-state index contributed by atoms with van der Waals surface area (Å²) in [6.45, 7) is 0. The first-order valence-corrected chi connectivity index (χ1v) is 22.2. The van der Waals surface area contributed by atoms with Crippen LogP contribution in [0.3, 0.4) is 0 Å². The van der Waals surface area contributed by atoms with Crippen molar-refractivity contribution in [2.24, 2.45) is 0 Å². The molecule has 4 heteroatoms. The fourth-order valence-corrected chi connectivity index (χ4v) is 10.5. The fourth-order valence-electron chi connectivity index (χ4n) is 10.5. The van der Waals surface area contributed by atoms with Crippen LogP contribution in [0.4, 0.5) is 34.1 Å². The number of rotatable bonds is 7. The summed E-state index contributed by atoms with van der Waals surface area (Å²) >= 11 is 0. The van der Waals surface area contributed by atoms with Crippen LogP contribution < -0.4 is 14.5 Å². The van der Waals surface area contributed by atoms with E-state index in [0.717, 1.165) is 89.8 Å². The maximum atomic E-state index is 7.20. The molecule has 1 aliphatic carbocycles. The molecule has 13 rings (SSSR count). The van der Waals surface area contributed by atoms with Crippen LogP contribution in [0.1, 0.15) is 22.3 Å². The summed E-state index contributed by atoms with van der Waals surface area (Å²) in [4.78, 5) is 4.61. The SMILES string of the molecule is c1ccc(N(c2ccccc2)c2ccc(-c3ccc(N(c4ccc5c(c4)oc4ccccc45)c4cccc5c4Oc4ccccc4C54c5ccccc5-c5ccccc54)cc3)cc2)cc1. The van der Waals surface area contributed by atoms with Crippen LogP contribution in [0, 0.1) is 0 Å². The van der Waals surface area contributed by atoms with E-state index in [2.05, 4.69) is 240 Å². The summed E-state index contributed by atoms with van der Waals surface area (Å²) in [5.74, 6) is 1.67. The molecule has 2 aliphatic rings. The van der Waals surface area contributed by atoms with Crippen molar-refractivity contribution in [1.82, 2.24) is 0 Å². The van der Waals surface area contributed by atoms with Gasteiger partial charge in [-0.05, 0) is 112 Å². The molecular weight excluding hydrogens is 793 g/mol. The van der Waals surface area contributed by atoms with Crippen LogP contribution >= 0.6 is 0 Å². The molecule has 0 fully saturated rings. The van der Waals surface area contributed by atoms with Crippen LogP contribution in [0.15, 0.2) is 247 Å². The maximum Gasteiger partial charge on any atom is 0.156 e. The van der Waals surface area contributed by atoms with Gasteiger partial charge in [0.05, 0.1) is 16.8 Å². The van der Waals surface area contributed by atoms with Crippen molar-refractivity contribution in [1.29, 1.82) is 0 Å². The summed E-state index contributed by atoms with van der Waals surface area (Å²) in [5.41, 5.74) is 16.9. The molecule has 65 heavy (non-hydrogen) atoms. The van der Waals surface area contributed by atoms with Crippen molar-refractivity contribution >= 4 is 56.1 Å². The summed E-state index contributed by atoms with van der Waals surface area (Å²) in [5, 5.41) is 2.18. The lowest BCUT2D eigenvalue weighted by atomic mass is 9.66. The van der Waals surface area contributed by atoms with E-state index in [1.165, 1.54) is 22.3 Å². The Morgan fingerprint density at radius 1 is 0.323 bits per heavy atom. The van der Waals surface area contributed by atoms with Gasteiger partial charge in [0.2, 0.25) is 0 Å². The lowest BCUT2D eigenvalue weighted by Gasteiger charge is -2.41. The predicted molar refractivity (Wildman–Crippen MR) is 266 cm³/mol. The van der Waals surface area contributed by atoms with Crippen LogP contribution in [0.25, 0.3) is 44.2 Å². The Morgan fingerprint density at radius 3 is 1.48 bits per heavy atom. The largest absolute Gasteiger partial charge is 0.456 e. The first-order chi connectivity index (χ1) is 32.2. The lowest BCUT2D eigenvalue weighted by Crippen LogP contribution is -2.32. The van der Waals surface area contributed by atoms with Gasteiger partial charge in [-0.2, -0.15) is 0 Å². The first-order valence-electron chi connectivity index (χ1n) is 22.2. The number of ether oxygens (including phenoxy) is 1. The highest BCUT2D eigenvalue weighted by Crippen LogP contribution is 2.64. The molecule has 0 saturated heterocycles. The molecule has 4 nitrogen and oxygen atoms in total. The van der Waals surface area contributed by atoms with E-state index in [0.29, 0.717) is 0 Å². The molecule has 0 atom stereocenters. The highest BCUT2D eigenvalue weighted by molar-refractivity contribution is 6.06. The van der Waals surface area contributed by atoms with Gasteiger partial charge in [-0.25, -0.2) is 0 Å². The predicted octanol–water partition coefficient (Wildman–Crippen LogP) is 16.7. The van der Waals surface area contributed by atoms with E-state index in [1.54, 1.807) is 0 Å². The van der Waals surface area contributed by atoms with Crippen LogP contribution in [-0.4, -0.2) is 0 Å². The van der Waals surface area contributed by atoms with E-state index in [1.807, 2.05) is 12.1 Å². The van der Waals surface area contributed by atoms with Crippen LogP contribution in [-0.2, 0) is 5.41 Å². The van der Waals surface area contributed by atoms with E-state index in [-0.39, 0.29) is 0 Å².